The van der Waals surface area contributed by atoms with Gasteiger partial charge in [-0.2, -0.15) is 0 Å². The van der Waals surface area contributed by atoms with Gasteiger partial charge in [-0.05, 0) is 36.2 Å². The van der Waals surface area contributed by atoms with E-state index in [2.05, 4.69) is 42.0 Å². The smallest absolute Gasteiger partial charge is 0.223 e. The molecule has 30 heavy (non-hydrogen) atoms. The van der Waals surface area contributed by atoms with Gasteiger partial charge in [-0.15, -0.1) is 0 Å². The number of nitrogens with one attached hydrogen (secondary N) is 3. The molecule has 3 N–H and O–H groups in total. The third kappa shape index (κ3) is 2.73. The van der Waals surface area contributed by atoms with E-state index in [0.717, 1.165) is 52.7 Å². The summed E-state index contributed by atoms with van der Waals surface area (Å²) in [6.45, 7) is 1.57. The van der Waals surface area contributed by atoms with Crippen LogP contribution in [0.1, 0.15) is 11.1 Å². The maximum Gasteiger partial charge on any atom is 0.223 e. The van der Waals surface area contributed by atoms with Gasteiger partial charge < -0.3 is 16.0 Å². The minimum atomic E-state index is 0.581. The van der Waals surface area contributed by atoms with E-state index >= 15 is 0 Å². The second kappa shape index (κ2) is 6.77. The molecule has 0 unspecified atom stereocenters. The van der Waals surface area contributed by atoms with Crippen molar-refractivity contribution in [3.63, 3.8) is 0 Å². The van der Waals surface area contributed by atoms with Crippen molar-refractivity contribution in [2.24, 2.45) is 0 Å². The molecule has 146 valence electrons. The second-order valence-corrected chi connectivity index (χ2v) is 7.23. The van der Waals surface area contributed by atoms with E-state index < -0.39 is 0 Å². The maximum absolute atomic E-state index is 4.87. The first-order valence-electron chi connectivity index (χ1n) is 9.85. The molecule has 4 aromatic heterocycles. The Kier molecular flexibility index (Phi) is 3.80. The normalized spacial score (nSPS) is 13.1. The number of rotatable bonds is 3. The van der Waals surface area contributed by atoms with Crippen LogP contribution in [0.4, 0.5) is 23.3 Å². The molecule has 2 aliphatic rings. The SMILES string of the molecule is c1cnc2c(c1)-c1nc(NCc3ccnc4c3CCN4)ncc1-c1ccncc1N2. The third-order valence-electron chi connectivity index (χ3n) is 5.47. The Balaban J connectivity index is 1.40. The lowest BCUT2D eigenvalue weighted by atomic mass is 10.0. The highest BCUT2D eigenvalue weighted by molar-refractivity contribution is 5.95. The predicted molar refractivity (Wildman–Crippen MR) is 116 cm³/mol. The van der Waals surface area contributed by atoms with Crippen LogP contribution >= 0.6 is 0 Å². The van der Waals surface area contributed by atoms with Crippen molar-refractivity contribution >= 4 is 23.3 Å². The van der Waals surface area contributed by atoms with Crippen molar-refractivity contribution in [2.75, 3.05) is 22.5 Å². The summed E-state index contributed by atoms with van der Waals surface area (Å²) in [5, 5.41) is 10.1. The Labute approximate surface area is 172 Å². The average molecular weight is 394 g/mol. The molecule has 0 aromatic carbocycles. The summed E-state index contributed by atoms with van der Waals surface area (Å²) in [5.74, 6) is 2.32. The zero-order chi connectivity index (χ0) is 19.9. The lowest BCUT2D eigenvalue weighted by Crippen LogP contribution is -2.07. The van der Waals surface area contributed by atoms with Crippen molar-refractivity contribution in [3.05, 3.63) is 66.4 Å². The van der Waals surface area contributed by atoms with Crippen LogP contribution in [0.3, 0.4) is 0 Å². The van der Waals surface area contributed by atoms with Crippen LogP contribution in [0, 0.1) is 0 Å². The first-order valence-corrected chi connectivity index (χ1v) is 9.85. The van der Waals surface area contributed by atoms with Crippen LogP contribution in [0.15, 0.2) is 55.2 Å². The molecule has 0 saturated carbocycles. The topological polar surface area (TPSA) is 101 Å². The zero-order valence-electron chi connectivity index (χ0n) is 16.1. The van der Waals surface area contributed by atoms with Gasteiger partial charge in [0.15, 0.2) is 0 Å². The van der Waals surface area contributed by atoms with E-state index in [1.165, 1.54) is 11.1 Å². The van der Waals surface area contributed by atoms with Gasteiger partial charge >= 0.3 is 0 Å². The fraction of sp³-hybridized carbons (Fsp3) is 0.136. The van der Waals surface area contributed by atoms with E-state index in [4.69, 9.17) is 4.98 Å². The Morgan fingerprint density at radius 3 is 2.87 bits per heavy atom. The lowest BCUT2D eigenvalue weighted by molar-refractivity contribution is 1.01. The maximum atomic E-state index is 4.87. The molecule has 0 spiro atoms. The van der Waals surface area contributed by atoms with E-state index in [1.807, 2.05) is 30.6 Å². The summed E-state index contributed by atoms with van der Waals surface area (Å²) < 4.78 is 0. The quantitative estimate of drug-likeness (QED) is 0.426. The summed E-state index contributed by atoms with van der Waals surface area (Å²) in [6.07, 6.45) is 10.0. The number of anilines is 4. The fourth-order valence-electron chi connectivity index (χ4n) is 4.03. The highest BCUT2D eigenvalue weighted by Gasteiger charge is 2.22. The second-order valence-electron chi connectivity index (χ2n) is 7.23. The van der Waals surface area contributed by atoms with E-state index in [1.54, 1.807) is 18.6 Å². The van der Waals surface area contributed by atoms with E-state index in [9.17, 15) is 0 Å². The van der Waals surface area contributed by atoms with E-state index in [-0.39, 0.29) is 0 Å². The molecule has 0 bridgehead atoms. The molecule has 8 heteroatoms. The van der Waals surface area contributed by atoms with Crippen LogP contribution in [0.5, 0.6) is 0 Å². The van der Waals surface area contributed by atoms with Crippen molar-refractivity contribution in [1.29, 1.82) is 0 Å². The minimum absolute atomic E-state index is 0.581. The molecule has 0 fully saturated rings. The summed E-state index contributed by atoms with van der Waals surface area (Å²) >= 11 is 0. The first kappa shape index (κ1) is 16.8. The lowest BCUT2D eigenvalue weighted by Gasteiger charge is -2.12. The number of hydrogen-bond donors (Lipinski definition) is 3. The molecule has 0 radical (unpaired) electrons. The molecule has 0 aliphatic carbocycles. The molecule has 6 heterocycles. The molecule has 8 nitrogen and oxygen atoms in total. The minimum Gasteiger partial charge on any atom is -0.370 e. The molecule has 0 atom stereocenters. The van der Waals surface area contributed by atoms with Crippen LogP contribution in [0.2, 0.25) is 0 Å². The fourth-order valence-corrected chi connectivity index (χ4v) is 4.03. The summed E-state index contributed by atoms with van der Waals surface area (Å²) in [5.41, 5.74) is 7.09. The third-order valence-corrected chi connectivity index (χ3v) is 5.47. The molecule has 0 amide bonds. The van der Waals surface area contributed by atoms with Crippen LogP contribution in [0.25, 0.3) is 22.4 Å². The molecule has 6 rings (SSSR count). The molecular formula is C22H18N8. The van der Waals surface area contributed by atoms with Gasteiger partial charge in [-0.3, -0.25) is 4.98 Å². The highest BCUT2D eigenvalue weighted by atomic mass is 15.1. The van der Waals surface area contributed by atoms with Gasteiger partial charge in [0.05, 0.1) is 17.6 Å². The van der Waals surface area contributed by atoms with Gasteiger partial charge in [0.1, 0.15) is 11.6 Å². The largest absolute Gasteiger partial charge is 0.370 e. The Bertz CT molecular complexity index is 1270. The van der Waals surface area contributed by atoms with Crippen molar-refractivity contribution in [2.45, 2.75) is 13.0 Å². The first-order chi connectivity index (χ1) is 14.9. The summed E-state index contributed by atoms with van der Waals surface area (Å²) in [4.78, 5) is 22.6. The van der Waals surface area contributed by atoms with Crippen LogP contribution in [-0.4, -0.2) is 31.5 Å². The van der Waals surface area contributed by atoms with Gasteiger partial charge in [-0.1, -0.05) is 0 Å². The van der Waals surface area contributed by atoms with Gasteiger partial charge in [0, 0.05) is 60.1 Å². The standard InChI is InChI=1S/C22H18N8/c1-2-16-19-17(15-4-7-23-12-18(15)29-21(16)24-6-1)11-28-22(30-19)27-10-13-3-8-25-20-14(13)5-9-26-20/h1-4,6-8,11-12H,5,9-10H2,(H,24,29)(H,25,26)(H,27,28,30). The number of nitrogens with zero attached hydrogens (tertiary/aromatic N) is 5. The van der Waals surface area contributed by atoms with Crippen LogP contribution < -0.4 is 16.0 Å². The van der Waals surface area contributed by atoms with Crippen molar-refractivity contribution in [1.82, 2.24) is 24.9 Å². The summed E-state index contributed by atoms with van der Waals surface area (Å²) in [7, 11) is 0. The number of hydrogen-bond acceptors (Lipinski definition) is 8. The molecule has 4 aromatic rings. The molecule has 0 saturated heterocycles. The predicted octanol–water partition coefficient (Wildman–Crippen LogP) is 3.63. The van der Waals surface area contributed by atoms with Gasteiger partial charge in [0.25, 0.3) is 0 Å². The van der Waals surface area contributed by atoms with Gasteiger partial charge in [-0.25, -0.2) is 19.9 Å². The molecule has 2 aliphatic heterocycles. The monoisotopic (exact) mass is 394 g/mol. The number of fused-ring (bicyclic) bond motifs is 6. The van der Waals surface area contributed by atoms with Crippen molar-refractivity contribution < 1.29 is 0 Å². The number of pyridine rings is 3. The Hall–Kier alpha value is -4.07. The summed E-state index contributed by atoms with van der Waals surface area (Å²) in [6, 6.07) is 7.96. The Morgan fingerprint density at radius 2 is 1.87 bits per heavy atom. The zero-order valence-corrected chi connectivity index (χ0v) is 16.1. The van der Waals surface area contributed by atoms with Crippen LogP contribution in [-0.2, 0) is 13.0 Å². The van der Waals surface area contributed by atoms with Gasteiger partial charge in [0.2, 0.25) is 5.95 Å². The van der Waals surface area contributed by atoms with E-state index in [0.29, 0.717) is 12.5 Å². The Morgan fingerprint density at radius 1 is 0.900 bits per heavy atom. The van der Waals surface area contributed by atoms with Crippen molar-refractivity contribution in [3.8, 4) is 22.4 Å². The number of aromatic nitrogens is 5. The highest BCUT2D eigenvalue weighted by Crippen LogP contribution is 2.41. The average Bonchev–Trinajstić information content (AvgIpc) is 3.23. The molecular weight excluding hydrogens is 376 g/mol.